The van der Waals surface area contributed by atoms with Crippen molar-refractivity contribution in [3.05, 3.63) is 46.2 Å². The van der Waals surface area contributed by atoms with Gasteiger partial charge in [0.2, 0.25) is 0 Å². The van der Waals surface area contributed by atoms with Crippen LogP contribution in [0, 0.1) is 0 Å². The normalized spacial score (nSPS) is 14.2. The fourth-order valence-corrected chi connectivity index (χ4v) is 3.03. The Morgan fingerprint density at radius 1 is 1.40 bits per heavy atom. The lowest BCUT2D eigenvalue weighted by Gasteiger charge is -2.26. The van der Waals surface area contributed by atoms with Crippen LogP contribution in [0.5, 0.6) is 0 Å². The van der Waals surface area contributed by atoms with Crippen LogP contribution in [-0.4, -0.2) is 17.1 Å². The maximum atomic E-state index is 11.2. The Hall–Kier alpha value is -2.01. The lowest BCUT2D eigenvalue weighted by atomic mass is 10.1. The maximum Gasteiger partial charge on any atom is 0.337 e. The molecular weight excluding hydrogens is 272 g/mol. The van der Waals surface area contributed by atoms with Crippen molar-refractivity contribution >= 4 is 28.7 Å². The zero-order valence-corrected chi connectivity index (χ0v) is 11.8. The summed E-state index contributed by atoms with van der Waals surface area (Å²) in [5.41, 5.74) is 8.67. The Morgan fingerprint density at radius 2 is 2.20 bits per heavy atom. The van der Waals surface area contributed by atoms with E-state index in [4.69, 9.17) is 5.73 Å². The Morgan fingerprint density at radius 3 is 2.80 bits per heavy atom. The summed E-state index contributed by atoms with van der Waals surface area (Å²) < 4.78 is 0. The molecule has 1 saturated carbocycles. The summed E-state index contributed by atoms with van der Waals surface area (Å²) in [5.74, 6) is -0.976. The fraction of sp³-hybridized carbons (Fsp3) is 0.267. The van der Waals surface area contributed by atoms with Crippen LogP contribution in [0.25, 0.3) is 0 Å². The van der Waals surface area contributed by atoms with Gasteiger partial charge in [-0.15, -0.1) is 0 Å². The van der Waals surface area contributed by atoms with Crippen molar-refractivity contribution in [3.63, 3.8) is 0 Å². The second-order valence-electron chi connectivity index (χ2n) is 5.03. The highest BCUT2D eigenvalue weighted by molar-refractivity contribution is 7.07. The average Bonchev–Trinajstić information content (AvgIpc) is 3.14. The van der Waals surface area contributed by atoms with Crippen LogP contribution in [-0.2, 0) is 6.54 Å². The van der Waals surface area contributed by atoms with Crippen molar-refractivity contribution < 1.29 is 9.90 Å². The molecule has 1 aromatic heterocycles. The highest BCUT2D eigenvalue weighted by atomic mass is 32.1. The maximum absolute atomic E-state index is 11.2. The van der Waals surface area contributed by atoms with Gasteiger partial charge in [0.1, 0.15) is 0 Å². The molecule has 0 saturated heterocycles. The van der Waals surface area contributed by atoms with Crippen LogP contribution in [0.4, 0.5) is 11.4 Å². The zero-order valence-electron chi connectivity index (χ0n) is 11.0. The van der Waals surface area contributed by atoms with Gasteiger partial charge >= 0.3 is 5.97 Å². The van der Waals surface area contributed by atoms with Crippen molar-refractivity contribution in [3.8, 4) is 0 Å². The average molecular weight is 288 g/mol. The lowest BCUT2D eigenvalue weighted by molar-refractivity contribution is 0.0698. The second-order valence-corrected chi connectivity index (χ2v) is 5.81. The molecule has 1 aliphatic carbocycles. The number of carboxylic acids is 1. The number of nitrogens with two attached hydrogens (primary N) is 1. The second kappa shape index (κ2) is 5.17. The molecular formula is C15H16N2O2S. The first-order chi connectivity index (χ1) is 9.66. The van der Waals surface area contributed by atoms with E-state index in [1.165, 1.54) is 5.56 Å². The van der Waals surface area contributed by atoms with Crippen LogP contribution in [0.3, 0.4) is 0 Å². The molecule has 104 valence electrons. The number of hydrogen-bond donors (Lipinski definition) is 2. The minimum absolute atomic E-state index is 0.179. The number of anilines is 2. The predicted molar refractivity (Wildman–Crippen MR) is 81.3 cm³/mol. The van der Waals surface area contributed by atoms with Crippen LogP contribution < -0.4 is 10.6 Å². The Kier molecular flexibility index (Phi) is 3.36. The summed E-state index contributed by atoms with van der Waals surface area (Å²) >= 11 is 1.67. The SMILES string of the molecule is Nc1c(C(=O)O)cccc1N(Cc1ccsc1)C1CC1. The highest BCUT2D eigenvalue weighted by Crippen LogP contribution is 2.37. The van der Waals surface area contributed by atoms with Gasteiger partial charge in [0.25, 0.3) is 0 Å². The number of carboxylic acid groups (broad SMARTS) is 1. The summed E-state index contributed by atoms with van der Waals surface area (Å²) in [6.45, 7) is 0.779. The van der Waals surface area contributed by atoms with Gasteiger partial charge < -0.3 is 15.7 Å². The molecule has 0 aliphatic heterocycles. The molecule has 3 rings (SSSR count). The van der Waals surface area contributed by atoms with Crippen LogP contribution in [0.15, 0.2) is 35.0 Å². The summed E-state index contributed by atoms with van der Waals surface area (Å²) in [4.78, 5) is 13.4. The number of carbonyl (C=O) groups is 1. The quantitative estimate of drug-likeness (QED) is 0.829. The number of rotatable bonds is 5. The van der Waals surface area contributed by atoms with Crippen molar-refractivity contribution in [2.45, 2.75) is 25.4 Å². The lowest BCUT2D eigenvalue weighted by Crippen LogP contribution is -2.26. The van der Waals surface area contributed by atoms with E-state index in [1.807, 2.05) is 6.07 Å². The number of nitrogens with zero attached hydrogens (tertiary/aromatic N) is 1. The summed E-state index contributed by atoms with van der Waals surface area (Å²) in [7, 11) is 0. The number of thiophene rings is 1. The standard InChI is InChI=1S/C15H16N2O2S/c16-14-12(15(18)19)2-1-3-13(14)17(11-4-5-11)8-10-6-7-20-9-10/h1-3,6-7,9,11H,4-5,8,16H2,(H,18,19). The Balaban J connectivity index is 1.95. The first-order valence-electron chi connectivity index (χ1n) is 6.56. The molecule has 1 heterocycles. The van der Waals surface area contributed by atoms with Gasteiger partial charge in [-0.2, -0.15) is 11.3 Å². The van der Waals surface area contributed by atoms with Gasteiger partial charge in [-0.25, -0.2) is 4.79 Å². The molecule has 2 aromatic rings. The van der Waals surface area contributed by atoms with Crippen LogP contribution in [0.2, 0.25) is 0 Å². The molecule has 0 spiro atoms. The molecule has 1 aliphatic rings. The smallest absolute Gasteiger partial charge is 0.337 e. The molecule has 0 amide bonds. The third kappa shape index (κ3) is 2.49. The highest BCUT2D eigenvalue weighted by Gasteiger charge is 2.31. The summed E-state index contributed by atoms with van der Waals surface area (Å²) in [6, 6.07) is 7.79. The van der Waals surface area contributed by atoms with Gasteiger partial charge in [0, 0.05) is 12.6 Å². The van der Waals surface area contributed by atoms with E-state index in [0.717, 1.165) is 25.1 Å². The van der Waals surface area contributed by atoms with E-state index in [0.29, 0.717) is 11.7 Å². The monoisotopic (exact) mass is 288 g/mol. The molecule has 1 aromatic carbocycles. The number of para-hydroxylation sites is 1. The minimum atomic E-state index is -0.976. The van der Waals surface area contributed by atoms with Crippen molar-refractivity contribution in [2.75, 3.05) is 10.6 Å². The van der Waals surface area contributed by atoms with Gasteiger partial charge in [-0.05, 0) is 47.4 Å². The van der Waals surface area contributed by atoms with E-state index >= 15 is 0 Å². The van der Waals surface area contributed by atoms with Crippen LogP contribution >= 0.6 is 11.3 Å². The third-order valence-corrected chi connectivity index (χ3v) is 4.28. The zero-order chi connectivity index (χ0) is 14.1. The predicted octanol–water partition coefficient (Wildman–Crippen LogP) is 3.20. The molecule has 4 nitrogen and oxygen atoms in total. The largest absolute Gasteiger partial charge is 0.478 e. The molecule has 0 radical (unpaired) electrons. The number of aromatic carboxylic acids is 1. The first-order valence-corrected chi connectivity index (χ1v) is 7.50. The van der Waals surface area contributed by atoms with Gasteiger partial charge in [0.05, 0.1) is 16.9 Å². The number of benzene rings is 1. The number of hydrogen-bond acceptors (Lipinski definition) is 4. The number of nitrogen functional groups attached to an aromatic ring is 1. The molecule has 0 bridgehead atoms. The molecule has 3 N–H and O–H groups in total. The molecule has 0 atom stereocenters. The third-order valence-electron chi connectivity index (χ3n) is 3.54. The summed E-state index contributed by atoms with van der Waals surface area (Å²) in [5, 5.41) is 13.4. The molecule has 20 heavy (non-hydrogen) atoms. The van der Waals surface area contributed by atoms with Crippen molar-refractivity contribution in [1.29, 1.82) is 0 Å². The summed E-state index contributed by atoms with van der Waals surface area (Å²) in [6.07, 6.45) is 2.28. The van der Waals surface area contributed by atoms with Crippen molar-refractivity contribution in [1.82, 2.24) is 0 Å². The topological polar surface area (TPSA) is 66.6 Å². The van der Waals surface area contributed by atoms with Crippen LogP contribution in [0.1, 0.15) is 28.8 Å². The Bertz CT molecular complexity index is 621. The van der Waals surface area contributed by atoms with E-state index < -0.39 is 5.97 Å². The van der Waals surface area contributed by atoms with Gasteiger partial charge in [-0.3, -0.25) is 0 Å². The minimum Gasteiger partial charge on any atom is -0.478 e. The Labute approximate surface area is 121 Å². The van der Waals surface area contributed by atoms with E-state index in [-0.39, 0.29) is 5.56 Å². The fourth-order valence-electron chi connectivity index (χ4n) is 2.37. The van der Waals surface area contributed by atoms with E-state index in [9.17, 15) is 9.90 Å². The van der Waals surface area contributed by atoms with E-state index in [2.05, 4.69) is 21.7 Å². The molecule has 0 unspecified atom stereocenters. The molecule has 1 fully saturated rings. The van der Waals surface area contributed by atoms with Crippen molar-refractivity contribution in [2.24, 2.45) is 0 Å². The van der Waals surface area contributed by atoms with E-state index in [1.54, 1.807) is 23.5 Å². The van der Waals surface area contributed by atoms with Gasteiger partial charge in [-0.1, -0.05) is 6.07 Å². The van der Waals surface area contributed by atoms with Gasteiger partial charge in [0.15, 0.2) is 0 Å². The molecule has 5 heteroatoms. The first kappa shape index (κ1) is 13.0.